The number of hydrogen-bond acceptors (Lipinski definition) is 7. The van der Waals surface area contributed by atoms with Crippen molar-refractivity contribution in [1.82, 2.24) is 19.6 Å². The molecule has 4 aromatic rings. The maximum Gasteiger partial charge on any atom is 0.274 e. The Balaban J connectivity index is 1.66. The molecule has 160 valence electrons. The first-order valence-electron chi connectivity index (χ1n) is 9.44. The van der Waals surface area contributed by atoms with E-state index in [1.54, 1.807) is 29.1 Å². The number of methoxy groups -OCH3 is 1. The molecule has 0 radical (unpaired) electrons. The molecule has 0 aliphatic heterocycles. The third-order valence-corrected chi connectivity index (χ3v) is 6.61. The van der Waals surface area contributed by atoms with Gasteiger partial charge in [0.2, 0.25) is 9.84 Å². The van der Waals surface area contributed by atoms with Crippen LogP contribution >= 0.6 is 0 Å². The molecule has 1 N–H and O–H groups in total. The van der Waals surface area contributed by atoms with Crippen molar-refractivity contribution in [3.8, 4) is 5.75 Å². The first-order valence-corrected chi connectivity index (χ1v) is 10.9. The Morgan fingerprint density at radius 1 is 1.06 bits per heavy atom. The summed E-state index contributed by atoms with van der Waals surface area (Å²) in [4.78, 5) is 13.0. The third-order valence-electron chi connectivity index (χ3n) is 4.84. The van der Waals surface area contributed by atoms with Crippen molar-refractivity contribution in [3.63, 3.8) is 0 Å². The average Bonchev–Trinajstić information content (AvgIpc) is 3.22. The fraction of sp³-hybridized carbons (Fsp3) is 0.190. The van der Waals surface area contributed by atoms with Crippen LogP contribution < -0.4 is 10.3 Å². The van der Waals surface area contributed by atoms with E-state index in [1.165, 1.54) is 48.3 Å². The smallest absolute Gasteiger partial charge is 0.274 e. The van der Waals surface area contributed by atoms with Crippen molar-refractivity contribution in [2.24, 2.45) is 0 Å². The molecule has 10 heteroatoms. The van der Waals surface area contributed by atoms with E-state index >= 15 is 0 Å². The lowest BCUT2D eigenvalue weighted by atomic mass is 10.2. The largest absolute Gasteiger partial charge is 0.497 e. The van der Waals surface area contributed by atoms with Gasteiger partial charge in [-0.1, -0.05) is 0 Å². The number of hydrogen-bond donors (Lipinski definition) is 1. The van der Waals surface area contributed by atoms with Gasteiger partial charge in [0.15, 0.2) is 0 Å². The van der Waals surface area contributed by atoms with Crippen molar-refractivity contribution in [1.29, 1.82) is 0 Å². The number of sulfone groups is 1. The van der Waals surface area contributed by atoms with Gasteiger partial charge in [-0.25, -0.2) is 13.1 Å². The van der Waals surface area contributed by atoms with Gasteiger partial charge in [-0.2, -0.15) is 10.2 Å². The Hall–Kier alpha value is -3.50. The number of nitrogens with zero attached hydrogens (tertiary/aromatic N) is 4. The van der Waals surface area contributed by atoms with E-state index in [0.29, 0.717) is 28.8 Å². The number of aromatic nitrogens is 4. The molecule has 0 saturated carbocycles. The van der Waals surface area contributed by atoms with Crippen LogP contribution in [0.2, 0.25) is 0 Å². The lowest BCUT2D eigenvalue weighted by Gasteiger charge is -2.08. The molecule has 2 heterocycles. The van der Waals surface area contributed by atoms with Crippen LogP contribution in [0.15, 0.2) is 75.5 Å². The highest BCUT2D eigenvalue weighted by Gasteiger charge is 2.19. The van der Waals surface area contributed by atoms with Gasteiger partial charge in [-0.05, 0) is 48.5 Å². The van der Waals surface area contributed by atoms with Crippen LogP contribution in [0.4, 0.5) is 0 Å². The van der Waals surface area contributed by atoms with Gasteiger partial charge in [-0.3, -0.25) is 9.48 Å². The van der Waals surface area contributed by atoms with Crippen molar-refractivity contribution in [2.75, 3.05) is 13.7 Å². The van der Waals surface area contributed by atoms with E-state index in [1.807, 2.05) is 0 Å². The quantitative estimate of drug-likeness (QED) is 0.463. The van der Waals surface area contributed by atoms with Crippen molar-refractivity contribution in [3.05, 3.63) is 77.0 Å². The molecule has 9 nitrogen and oxygen atoms in total. The van der Waals surface area contributed by atoms with Crippen LogP contribution in [-0.2, 0) is 22.9 Å². The summed E-state index contributed by atoms with van der Waals surface area (Å²) >= 11 is 0. The number of aliphatic hydroxyl groups is 1. The van der Waals surface area contributed by atoms with Gasteiger partial charge in [0.1, 0.15) is 5.75 Å². The summed E-state index contributed by atoms with van der Waals surface area (Å²) in [5.74, 6) is 0.559. The number of fused-ring (bicyclic) bond motifs is 1. The van der Waals surface area contributed by atoms with Crippen LogP contribution in [0.3, 0.4) is 0 Å². The van der Waals surface area contributed by atoms with Crippen LogP contribution in [-0.4, -0.2) is 46.8 Å². The summed E-state index contributed by atoms with van der Waals surface area (Å²) in [5.41, 5.74) is 0.281. The average molecular weight is 440 g/mol. The maximum atomic E-state index is 13.0. The summed E-state index contributed by atoms with van der Waals surface area (Å²) in [6.45, 7) is 0.502. The molecule has 0 aliphatic rings. The summed E-state index contributed by atoms with van der Waals surface area (Å²) in [5, 5.41) is 18.2. The lowest BCUT2D eigenvalue weighted by Crippen LogP contribution is -2.23. The van der Waals surface area contributed by atoms with Gasteiger partial charge < -0.3 is 9.84 Å². The molecule has 4 rings (SSSR count). The topological polar surface area (TPSA) is 116 Å². The summed E-state index contributed by atoms with van der Waals surface area (Å²) in [6, 6.07) is 12.2. The van der Waals surface area contributed by atoms with E-state index < -0.39 is 9.84 Å². The monoisotopic (exact) mass is 440 g/mol. The Morgan fingerprint density at radius 3 is 2.52 bits per heavy atom. The van der Waals surface area contributed by atoms with E-state index in [0.717, 1.165) is 0 Å². The zero-order valence-corrected chi connectivity index (χ0v) is 17.5. The van der Waals surface area contributed by atoms with E-state index in [9.17, 15) is 13.2 Å². The molecule has 0 atom stereocenters. The normalized spacial score (nSPS) is 11.7. The van der Waals surface area contributed by atoms with Gasteiger partial charge in [0, 0.05) is 11.6 Å². The first-order chi connectivity index (χ1) is 14.9. The molecule has 0 spiro atoms. The summed E-state index contributed by atoms with van der Waals surface area (Å²) in [7, 11) is -2.25. The summed E-state index contributed by atoms with van der Waals surface area (Å²) in [6.07, 6.45) is 3.18. The predicted molar refractivity (Wildman–Crippen MR) is 113 cm³/mol. The number of aliphatic hydroxyl groups excluding tert-OH is 1. The van der Waals surface area contributed by atoms with Gasteiger partial charge in [0.05, 0.1) is 53.9 Å². The van der Waals surface area contributed by atoms with Crippen molar-refractivity contribution in [2.45, 2.75) is 22.9 Å². The Morgan fingerprint density at radius 2 is 1.81 bits per heavy atom. The second-order valence-corrected chi connectivity index (χ2v) is 8.78. The molecule has 0 bridgehead atoms. The van der Waals surface area contributed by atoms with Crippen LogP contribution in [0.5, 0.6) is 5.75 Å². The first kappa shape index (κ1) is 20.8. The van der Waals surface area contributed by atoms with Gasteiger partial charge in [-0.15, -0.1) is 0 Å². The van der Waals surface area contributed by atoms with Crippen molar-refractivity contribution >= 4 is 20.6 Å². The highest BCUT2D eigenvalue weighted by atomic mass is 32.2. The SMILES string of the molecule is COc1ccc(S(=O)(=O)c2ccc3c(=O)n(Cc4ccn(CCO)n4)ncc3c2)cc1. The second-order valence-electron chi connectivity index (χ2n) is 6.83. The Labute approximate surface area is 178 Å². The standard InChI is InChI=1S/C21H20N4O5S/c1-30-17-2-4-18(5-3-17)31(28,29)19-6-7-20-15(12-19)13-22-25(21(20)27)14-16-8-9-24(23-16)10-11-26/h2-9,12-13,26H,10-11,14H2,1H3. The highest BCUT2D eigenvalue weighted by molar-refractivity contribution is 7.91. The Bertz CT molecular complexity index is 1390. The molecule has 31 heavy (non-hydrogen) atoms. The molecule has 0 saturated heterocycles. The zero-order valence-electron chi connectivity index (χ0n) is 16.7. The lowest BCUT2D eigenvalue weighted by molar-refractivity contribution is 0.269. The van der Waals surface area contributed by atoms with Gasteiger partial charge >= 0.3 is 0 Å². The fourth-order valence-electron chi connectivity index (χ4n) is 3.20. The van der Waals surface area contributed by atoms with E-state index in [4.69, 9.17) is 9.84 Å². The minimum absolute atomic E-state index is 0.0307. The molecule has 0 fully saturated rings. The Kier molecular flexibility index (Phi) is 5.57. The van der Waals surface area contributed by atoms with E-state index in [2.05, 4.69) is 10.2 Å². The number of rotatable bonds is 7. The van der Waals surface area contributed by atoms with Crippen molar-refractivity contribution < 1.29 is 18.3 Å². The van der Waals surface area contributed by atoms with Crippen LogP contribution in [0.1, 0.15) is 5.69 Å². The molecular formula is C21H20N4O5S. The molecule has 0 amide bonds. The zero-order chi connectivity index (χ0) is 22.0. The predicted octanol–water partition coefficient (Wildman–Crippen LogP) is 1.47. The second kappa shape index (κ2) is 8.32. The molecule has 0 aliphatic carbocycles. The number of benzene rings is 2. The molecular weight excluding hydrogens is 420 g/mol. The third kappa shape index (κ3) is 4.07. The molecule has 2 aromatic carbocycles. The minimum Gasteiger partial charge on any atom is -0.497 e. The molecule has 2 aromatic heterocycles. The number of ether oxygens (including phenoxy) is 1. The molecule has 0 unspecified atom stereocenters. The van der Waals surface area contributed by atoms with Gasteiger partial charge in [0.25, 0.3) is 5.56 Å². The maximum absolute atomic E-state index is 13.0. The fourth-order valence-corrected chi connectivity index (χ4v) is 4.50. The minimum atomic E-state index is -3.76. The summed E-state index contributed by atoms with van der Waals surface area (Å²) < 4.78 is 33.8. The van der Waals surface area contributed by atoms with E-state index in [-0.39, 0.29) is 28.5 Å². The van der Waals surface area contributed by atoms with Crippen LogP contribution in [0, 0.1) is 0 Å². The van der Waals surface area contributed by atoms with Crippen LogP contribution in [0.25, 0.3) is 10.8 Å². The highest BCUT2D eigenvalue weighted by Crippen LogP contribution is 2.25.